The molecule has 1 atom stereocenters. The Morgan fingerprint density at radius 3 is 0.920 bits per heavy atom. The van der Waals surface area contributed by atoms with Crippen LogP contribution in [0.25, 0.3) is 43.6 Å². The summed E-state index contributed by atoms with van der Waals surface area (Å²) in [5.41, 5.74) is 17.7. The summed E-state index contributed by atoms with van der Waals surface area (Å²) in [6.07, 6.45) is 4.77. The predicted molar refractivity (Wildman–Crippen MR) is 343 cm³/mol. The highest BCUT2D eigenvalue weighted by Gasteiger charge is 2.22. The van der Waals surface area contributed by atoms with Gasteiger partial charge in [-0.25, -0.2) is 0 Å². The number of para-hydroxylation sites is 2. The molecule has 2 aromatic heterocycles. The third kappa shape index (κ3) is 18.6. The molecule has 6 aromatic carbocycles. The average molecular weight is 1040 g/mol. The second-order valence-electron chi connectivity index (χ2n) is 17.6. The number of rotatable bonds is 5. The lowest BCUT2D eigenvalue weighted by Crippen LogP contribution is -2.37. The van der Waals surface area contributed by atoms with Gasteiger partial charge in [-0.05, 0) is 154 Å². The van der Waals surface area contributed by atoms with Gasteiger partial charge in [0.2, 0.25) is 0 Å². The lowest BCUT2D eigenvalue weighted by molar-refractivity contribution is 0.147. The van der Waals surface area contributed by atoms with Crippen molar-refractivity contribution in [3.05, 3.63) is 166 Å². The van der Waals surface area contributed by atoms with Gasteiger partial charge in [0.25, 0.3) is 0 Å². The number of benzene rings is 6. The fraction of sp³-hybridized carbons (Fsp3) is 0.471. The Hall–Kier alpha value is -4.95. The van der Waals surface area contributed by atoms with Crippen LogP contribution in [-0.4, -0.2) is 91.9 Å². The molecule has 1 unspecified atom stereocenters. The summed E-state index contributed by atoms with van der Waals surface area (Å²) in [4.78, 5) is 6.27. The van der Waals surface area contributed by atoms with Crippen molar-refractivity contribution in [1.82, 2.24) is 29.2 Å². The van der Waals surface area contributed by atoms with Crippen molar-refractivity contribution < 1.29 is 0 Å². The number of nitrogens with zero attached hydrogens (tertiary/aromatic N) is 5. The second-order valence-corrected chi connectivity index (χ2v) is 18.2. The van der Waals surface area contributed by atoms with Gasteiger partial charge >= 0.3 is 0 Å². The van der Waals surface area contributed by atoms with Gasteiger partial charge in [-0.3, -0.25) is 14.7 Å². The molecule has 2 heterocycles. The molecule has 0 saturated carbocycles. The summed E-state index contributed by atoms with van der Waals surface area (Å²) in [7, 11) is 15.9. The molecule has 10 rings (SSSR count). The van der Waals surface area contributed by atoms with Crippen molar-refractivity contribution in [2.45, 2.75) is 161 Å². The summed E-state index contributed by atoms with van der Waals surface area (Å²) in [6.45, 7) is 34.6. The highest BCUT2D eigenvalue weighted by atomic mass is 35.5. The number of hydrogen-bond donors (Lipinski definition) is 1. The maximum atomic E-state index is 5.54. The van der Waals surface area contributed by atoms with Gasteiger partial charge in [0.05, 0.1) is 22.7 Å². The Morgan fingerprint density at radius 1 is 0.400 bits per heavy atom. The van der Waals surface area contributed by atoms with Crippen LogP contribution in [0.15, 0.2) is 121 Å². The van der Waals surface area contributed by atoms with Crippen molar-refractivity contribution >= 4 is 55.2 Å². The van der Waals surface area contributed by atoms with Gasteiger partial charge in [-0.15, -0.1) is 11.6 Å². The molecule has 0 saturated heterocycles. The zero-order valence-corrected chi connectivity index (χ0v) is 52.8. The third-order valence-corrected chi connectivity index (χ3v) is 13.2. The topological polar surface area (TPSA) is 31.6 Å². The van der Waals surface area contributed by atoms with E-state index < -0.39 is 0 Å². The Morgan fingerprint density at radius 2 is 0.667 bits per heavy atom. The lowest BCUT2D eigenvalue weighted by Gasteiger charge is -2.26. The number of alkyl halides is 1. The molecule has 416 valence electrons. The molecule has 0 radical (unpaired) electrons. The molecule has 0 fully saturated rings. The molecule has 6 nitrogen and oxygen atoms in total. The molecule has 1 N–H and O–H groups in total. The van der Waals surface area contributed by atoms with Crippen LogP contribution in [0.5, 0.6) is 0 Å². The predicted octanol–water partition coefficient (Wildman–Crippen LogP) is 18.2. The second kappa shape index (κ2) is 38.6. The van der Waals surface area contributed by atoms with Crippen molar-refractivity contribution in [1.29, 1.82) is 0 Å². The zero-order valence-electron chi connectivity index (χ0n) is 52.1. The van der Waals surface area contributed by atoms with E-state index in [9.17, 15) is 0 Å². The maximum absolute atomic E-state index is 5.54. The van der Waals surface area contributed by atoms with Crippen LogP contribution >= 0.6 is 11.6 Å². The molecule has 2 aliphatic carbocycles. The maximum Gasteiger partial charge on any atom is 0.0816 e. The molecule has 75 heavy (non-hydrogen) atoms. The van der Waals surface area contributed by atoms with Crippen molar-refractivity contribution in [3.63, 3.8) is 0 Å². The van der Waals surface area contributed by atoms with Gasteiger partial charge < -0.3 is 14.5 Å². The first kappa shape index (κ1) is 70.1. The van der Waals surface area contributed by atoms with Crippen molar-refractivity contribution in [3.8, 4) is 0 Å². The number of aryl methyl sites for hydroxylation is 2. The van der Waals surface area contributed by atoms with Crippen molar-refractivity contribution in [2.24, 2.45) is 0 Å². The van der Waals surface area contributed by atoms with E-state index in [-0.39, 0.29) is 5.50 Å². The van der Waals surface area contributed by atoms with Gasteiger partial charge in [0, 0.05) is 58.5 Å². The smallest absolute Gasteiger partial charge is 0.0816 e. The van der Waals surface area contributed by atoms with E-state index in [0.29, 0.717) is 6.17 Å². The number of nitrogens with one attached hydrogen (secondary N) is 1. The summed E-state index contributed by atoms with van der Waals surface area (Å²) in [6, 6.07) is 44.7. The molecule has 2 aliphatic rings. The van der Waals surface area contributed by atoms with E-state index in [2.05, 4.69) is 195 Å². The fourth-order valence-electron chi connectivity index (χ4n) is 8.96. The molecule has 8 aromatic rings. The quantitative estimate of drug-likeness (QED) is 0.106. The molecule has 0 aliphatic heterocycles. The Kier molecular flexibility index (Phi) is 36.0. The molecular weight excluding hydrogens is 936 g/mol. The minimum Gasteiger partial charge on any atom is -0.341 e. The minimum atomic E-state index is 0.157. The zero-order chi connectivity index (χ0) is 57.4. The largest absolute Gasteiger partial charge is 0.341 e. The first-order chi connectivity index (χ1) is 36.3. The SMILES string of the molecule is CC.CC.CC.CC.CC.CC.CC(Cl)N(C)C.CC(N(C)C)N(C)C.CCn1c2ccccc2c2ccc3c(c21)Cc1ccccc1C3.CCn1c2ccccc2c2ccc3c(c21)Cc1ccccc1C3.CNC. The van der Waals surface area contributed by atoms with E-state index in [0.717, 1.165) is 38.8 Å². The molecule has 7 heteroatoms. The van der Waals surface area contributed by atoms with Gasteiger partial charge in [0.1, 0.15) is 0 Å². The molecule has 0 amide bonds. The van der Waals surface area contributed by atoms with Crippen molar-refractivity contribution in [2.75, 3.05) is 56.4 Å². The van der Waals surface area contributed by atoms with E-state index in [1.54, 1.807) is 0 Å². The molecular formula is C68H107ClN6. The molecule has 0 bridgehead atoms. The van der Waals surface area contributed by atoms with E-state index in [4.69, 9.17) is 11.6 Å². The first-order valence-corrected chi connectivity index (χ1v) is 29.2. The van der Waals surface area contributed by atoms with E-state index in [1.165, 1.54) is 88.1 Å². The average Bonchev–Trinajstić information content (AvgIpc) is 3.98. The van der Waals surface area contributed by atoms with Crippen LogP contribution < -0.4 is 5.32 Å². The first-order valence-electron chi connectivity index (χ1n) is 28.7. The number of aromatic nitrogens is 2. The summed E-state index contributed by atoms with van der Waals surface area (Å²) in [5.74, 6) is 0. The van der Waals surface area contributed by atoms with Crippen LogP contribution in [-0.2, 0) is 38.8 Å². The number of halogens is 1. The normalized spacial score (nSPS) is 11.4. The number of fused-ring (bicyclic) bond motifs is 12. The van der Waals surface area contributed by atoms with Crippen LogP contribution in [0.3, 0.4) is 0 Å². The van der Waals surface area contributed by atoms with Crippen LogP contribution in [0.2, 0.25) is 0 Å². The summed E-state index contributed by atoms with van der Waals surface area (Å²) in [5, 5.41) is 8.32. The van der Waals surface area contributed by atoms with Gasteiger partial charge in [-0.2, -0.15) is 0 Å². The number of hydrogen-bond acceptors (Lipinski definition) is 4. The summed E-state index contributed by atoms with van der Waals surface area (Å²) >= 11 is 5.54. The Balaban J connectivity index is 0.000000981. The molecule has 0 spiro atoms. The Labute approximate surface area is 465 Å². The van der Waals surface area contributed by atoms with Gasteiger partial charge in [-0.1, -0.05) is 192 Å². The van der Waals surface area contributed by atoms with Gasteiger partial charge in [0.15, 0.2) is 0 Å². The fourth-order valence-corrected chi connectivity index (χ4v) is 8.96. The van der Waals surface area contributed by atoms with E-state index >= 15 is 0 Å². The highest BCUT2D eigenvalue weighted by molar-refractivity contribution is 6.20. The minimum absolute atomic E-state index is 0.157. The monoisotopic (exact) mass is 1040 g/mol. The third-order valence-electron chi connectivity index (χ3n) is 12.8. The lowest BCUT2D eigenvalue weighted by atomic mass is 9.85. The standard InChI is InChI=1S/2C22H19N.C6H16N2.C4H10ClN.C2H7N.6C2H6/c2*1-2-23-21-10-6-5-9-18(21)19-12-11-17-13-15-7-3-4-8-16(15)14-20(17)22(19)23;1-6(7(2)3)8(4)5;1-4(5)6(2)3;1-3-2;6*1-2/h2*3-12H,2,13-14H2,1H3;6H,1-5H3;4H,1-3H3;3H,1-2H3;6*1-2H3. The van der Waals surface area contributed by atoms with Crippen LogP contribution in [0.4, 0.5) is 0 Å². The van der Waals surface area contributed by atoms with Crippen LogP contribution in [0.1, 0.15) is 155 Å². The Bertz CT molecular complexity index is 2570. The highest BCUT2D eigenvalue weighted by Crippen LogP contribution is 2.39. The summed E-state index contributed by atoms with van der Waals surface area (Å²) < 4.78 is 4.99. The van der Waals surface area contributed by atoms with E-state index in [1.807, 2.05) is 123 Å². The van der Waals surface area contributed by atoms with Crippen LogP contribution in [0, 0.1) is 0 Å².